The van der Waals surface area contributed by atoms with Crippen LogP contribution in [0.5, 0.6) is 0 Å². The van der Waals surface area contributed by atoms with Gasteiger partial charge < -0.3 is 9.88 Å². The summed E-state index contributed by atoms with van der Waals surface area (Å²) < 4.78 is 2.07. The first-order valence-corrected chi connectivity index (χ1v) is 6.30. The SMILES string of the molecule is CC(Cn1ccnc1)NC(C)c1cscn1. The summed E-state index contributed by atoms with van der Waals surface area (Å²) >= 11 is 1.63. The fraction of sp³-hybridized carbons (Fsp3) is 0.455. The topological polar surface area (TPSA) is 42.7 Å². The van der Waals surface area contributed by atoms with Crippen molar-refractivity contribution in [1.82, 2.24) is 19.9 Å². The number of nitrogens with zero attached hydrogens (tertiary/aromatic N) is 3. The first-order valence-electron chi connectivity index (χ1n) is 5.35. The summed E-state index contributed by atoms with van der Waals surface area (Å²) in [6.45, 7) is 5.23. The van der Waals surface area contributed by atoms with Crippen LogP contribution in [0.15, 0.2) is 29.6 Å². The maximum Gasteiger partial charge on any atom is 0.0946 e. The van der Waals surface area contributed by atoms with Crippen molar-refractivity contribution < 1.29 is 0 Å². The minimum Gasteiger partial charge on any atom is -0.336 e. The first-order chi connectivity index (χ1) is 7.75. The molecule has 2 atom stereocenters. The lowest BCUT2D eigenvalue weighted by atomic mass is 10.2. The Bertz CT molecular complexity index is 396. The summed E-state index contributed by atoms with van der Waals surface area (Å²) in [5.41, 5.74) is 2.98. The van der Waals surface area contributed by atoms with Gasteiger partial charge in [-0.05, 0) is 13.8 Å². The molecule has 0 aliphatic rings. The summed E-state index contributed by atoms with van der Waals surface area (Å²) in [4.78, 5) is 8.33. The van der Waals surface area contributed by atoms with Gasteiger partial charge in [-0.2, -0.15) is 0 Å². The molecule has 0 spiro atoms. The van der Waals surface area contributed by atoms with Crippen molar-refractivity contribution in [2.24, 2.45) is 0 Å². The van der Waals surface area contributed by atoms with Crippen molar-refractivity contribution in [3.63, 3.8) is 0 Å². The van der Waals surface area contributed by atoms with E-state index in [9.17, 15) is 0 Å². The number of rotatable bonds is 5. The second-order valence-electron chi connectivity index (χ2n) is 3.96. The molecule has 0 fully saturated rings. The van der Waals surface area contributed by atoms with E-state index in [2.05, 4.69) is 39.1 Å². The normalized spacial score (nSPS) is 14.9. The molecule has 86 valence electrons. The molecule has 2 rings (SSSR count). The smallest absolute Gasteiger partial charge is 0.0946 e. The molecule has 0 aliphatic heterocycles. The van der Waals surface area contributed by atoms with Crippen LogP contribution in [-0.2, 0) is 6.54 Å². The molecule has 0 aromatic carbocycles. The van der Waals surface area contributed by atoms with E-state index in [1.54, 1.807) is 17.5 Å². The Morgan fingerprint density at radius 1 is 1.50 bits per heavy atom. The number of hydrogen-bond acceptors (Lipinski definition) is 4. The molecule has 0 bridgehead atoms. The lowest BCUT2D eigenvalue weighted by Gasteiger charge is -2.18. The molecule has 5 heteroatoms. The number of hydrogen-bond donors (Lipinski definition) is 1. The average molecular weight is 236 g/mol. The van der Waals surface area contributed by atoms with Gasteiger partial charge in [-0.1, -0.05) is 0 Å². The quantitative estimate of drug-likeness (QED) is 0.864. The predicted octanol–water partition coefficient (Wildman–Crippen LogP) is 2.08. The summed E-state index contributed by atoms with van der Waals surface area (Å²) in [6.07, 6.45) is 5.62. The monoisotopic (exact) mass is 236 g/mol. The minimum atomic E-state index is 0.296. The van der Waals surface area contributed by atoms with Crippen LogP contribution in [0.2, 0.25) is 0 Å². The Hall–Kier alpha value is -1.20. The van der Waals surface area contributed by atoms with Crippen LogP contribution in [0.3, 0.4) is 0 Å². The van der Waals surface area contributed by atoms with E-state index in [1.165, 1.54) is 0 Å². The number of aromatic nitrogens is 3. The molecule has 4 nitrogen and oxygen atoms in total. The lowest BCUT2D eigenvalue weighted by molar-refractivity contribution is 0.426. The van der Waals surface area contributed by atoms with Crippen molar-refractivity contribution >= 4 is 11.3 Å². The van der Waals surface area contributed by atoms with Crippen molar-refractivity contribution in [2.45, 2.75) is 32.5 Å². The number of thiazole rings is 1. The predicted molar refractivity (Wildman–Crippen MR) is 65.4 cm³/mol. The van der Waals surface area contributed by atoms with Crippen molar-refractivity contribution in [3.05, 3.63) is 35.3 Å². The highest BCUT2D eigenvalue weighted by atomic mass is 32.1. The van der Waals surface area contributed by atoms with Crippen LogP contribution in [0, 0.1) is 0 Å². The highest BCUT2D eigenvalue weighted by Crippen LogP contribution is 2.12. The van der Waals surface area contributed by atoms with Crippen molar-refractivity contribution in [3.8, 4) is 0 Å². The fourth-order valence-corrected chi connectivity index (χ4v) is 2.36. The molecule has 0 saturated heterocycles. The third-order valence-electron chi connectivity index (χ3n) is 2.47. The third kappa shape index (κ3) is 2.90. The molecule has 0 amide bonds. The van der Waals surface area contributed by atoms with Gasteiger partial charge in [0.2, 0.25) is 0 Å². The molecule has 2 aromatic heterocycles. The minimum absolute atomic E-state index is 0.296. The van der Waals surface area contributed by atoms with Gasteiger partial charge >= 0.3 is 0 Å². The van der Waals surface area contributed by atoms with Gasteiger partial charge in [-0.25, -0.2) is 9.97 Å². The summed E-state index contributed by atoms with van der Waals surface area (Å²) in [6, 6.07) is 0.690. The van der Waals surface area contributed by atoms with Crippen LogP contribution in [0.1, 0.15) is 25.6 Å². The largest absolute Gasteiger partial charge is 0.336 e. The van der Waals surface area contributed by atoms with Crippen molar-refractivity contribution in [2.75, 3.05) is 0 Å². The highest BCUT2D eigenvalue weighted by molar-refractivity contribution is 7.07. The molecule has 16 heavy (non-hydrogen) atoms. The second-order valence-corrected chi connectivity index (χ2v) is 4.68. The maximum atomic E-state index is 4.30. The Labute approximate surface area is 99.4 Å². The van der Waals surface area contributed by atoms with Gasteiger partial charge in [0.25, 0.3) is 0 Å². The van der Waals surface area contributed by atoms with Gasteiger partial charge in [-0.15, -0.1) is 11.3 Å². The van der Waals surface area contributed by atoms with E-state index in [-0.39, 0.29) is 0 Å². The van der Waals surface area contributed by atoms with Crippen LogP contribution in [0.4, 0.5) is 0 Å². The molecule has 0 aliphatic carbocycles. The molecular weight excluding hydrogens is 220 g/mol. The van der Waals surface area contributed by atoms with E-state index in [0.717, 1.165) is 12.2 Å². The molecule has 0 saturated carbocycles. The van der Waals surface area contributed by atoms with Crippen LogP contribution in [0.25, 0.3) is 0 Å². The Kier molecular flexibility index (Phi) is 3.69. The second kappa shape index (κ2) is 5.23. The standard InChI is InChI=1S/C11H16N4S/c1-9(5-15-4-3-12-7-15)14-10(2)11-6-16-8-13-11/h3-4,6-10,14H,5H2,1-2H3. The Morgan fingerprint density at radius 2 is 2.38 bits per heavy atom. The summed E-state index contributed by atoms with van der Waals surface area (Å²) in [5.74, 6) is 0. The van der Waals surface area contributed by atoms with Gasteiger partial charge in [0.15, 0.2) is 0 Å². The molecule has 2 heterocycles. The maximum absolute atomic E-state index is 4.30. The molecule has 1 N–H and O–H groups in total. The molecular formula is C11H16N4S. The fourth-order valence-electron chi connectivity index (χ4n) is 1.71. The Morgan fingerprint density at radius 3 is 3.00 bits per heavy atom. The van der Waals surface area contributed by atoms with Gasteiger partial charge in [-0.3, -0.25) is 0 Å². The van der Waals surface area contributed by atoms with Crippen LogP contribution < -0.4 is 5.32 Å². The van der Waals surface area contributed by atoms with Crippen LogP contribution in [-0.4, -0.2) is 20.6 Å². The lowest BCUT2D eigenvalue weighted by Crippen LogP contribution is -2.32. The highest BCUT2D eigenvalue weighted by Gasteiger charge is 2.10. The third-order valence-corrected chi connectivity index (χ3v) is 3.08. The van der Waals surface area contributed by atoms with E-state index >= 15 is 0 Å². The Balaban J connectivity index is 1.85. The van der Waals surface area contributed by atoms with E-state index < -0.39 is 0 Å². The van der Waals surface area contributed by atoms with Gasteiger partial charge in [0.05, 0.1) is 17.5 Å². The summed E-state index contributed by atoms with van der Waals surface area (Å²) in [7, 11) is 0. The zero-order valence-electron chi connectivity index (χ0n) is 9.50. The van der Waals surface area contributed by atoms with E-state index in [4.69, 9.17) is 0 Å². The van der Waals surface area contributed by atoms with Gasteiger partial charge in [0, 0.05) is 36.4 Å². The average Bonchev–Trinajstić information content (AvgIpc) is 2.88. The molecule has 2 aromatic rings. The summed E-state index contributed by atoms with van der Waals surface area (Å²) in [5, 5.41) is 5.60. The van der Waals surface area contributed by atoms with E-state index in [1.807, 2.05) is 18.0 Å². The van der Waals surface area contributed by atoms with E-state index in [0.29, 0.717) is 12.1 Å². The van der Waals surface area contributed by atoms with Crippen LogP contribution >= 0.6 is 11.3 Å². The van der Waals surface area contributed by atoms with Gasteiger partial charge in [0.1, 0.15) is 0 Å². The zero-order chi connectivity index (χ0) is 11.4. The number of imidazole rings is 1. The molecule has 0 radical (unpaired) electrons. The molecule has 2 unspecified atom stereocenters. The first kappa shape index (κ1) is 11.3. The zero-order valence-corrected chi connectivity index (χ0v) is 10.3. The number of nitrogens with one attached hydrogen (secondary N) is 1. The van der Waals surface area contributed by atoms with Crippen molar-refractivity contribution in [1.29, 1.82) is 0 Å².